The van der Waals surface area contributed by atoms with Gasteiger partial charge in [0, 0.05) is 13.0 Å². The van der Waals surface area contributed by atoms with E-state index in [-0.39, 0.29) is 11.8 Å². The lowest BCUT2D eigenvalue weighted by molar-refractivity contribution is -0.156. The molecule has 3 atom stereocenters. The highest BCUT2D eigenvalue weighted by Crippen LogP contribution is 2.42. The third-order valence-electron chi connectivity index (χ3n) is 5.83. The Labute approximate surface area is 138 Å². The molecule has 5 heteroatoms. The Morgan fingerprint density at radius 1 is 1.26 bits per heavy atom. The molecule has 2 heterocycles. The van der Waals surface area contributed by atoms with Gasteiger partial charge in [-0.25, -0.2) is 0 Å². The Balaban J connectivity index is 1.82. The lowest BCUT2D eigenvalue weighted by atomic mass is 9.76. The fraction of sp³-hybridized carbons (Fsp3) is 0.889. The van der Waals surface area contributed by atoms with Gasteiger partial charge in [0.25, 0.3) is 0 Å². The monoisotopic (exact) mass is 322 g/mol. The van der Waals surface area contributed by atoms with Crippen LogP contribution in [0.1, 0.15) is 65.2 Å². The maximum atomic E-state index is 12.9. The quantitative estimate of drug-likeness (QED) is 0.830. The standard InChI is InChI=1S/C18H30N2O3/c1-12(2)8-15-16(22)20-11-14(21)10-18(20,17(23)19-15)9-13-6-4-3-5-7-13/h12-15,21H,3-11H2,1-2H3,(H,19,23)/t14-,15-,18?/m1/s1. The van der Waals surface area contributed by atoms with Gasteiger partial charge in [-0.3, -0.25) is 9.59 Å². The number of nitrogens with zero attached hydrogens (tertiary/aromatic N) is 1. The van der Waals surface area contributed by atoms with Gasteiger partial charge >= 0.3 is 0 Å². The summed E-state index contributed by atoms with van der Waals surface area (Å²) >= 11 is 0. The van der Waals surface area contributed by atoms with Crippen LogP contribution in [0.25, 0.3) is 0 Å². The molecular formula is C18H30N2O3. The molecule has 2 aliphatic heterocycles. The van der Waals surface area contributed by atoms with Crippen molar-refractivity contribution in [2.24, 2.45) is 11.8 Å². The molecule has 0 bridgehead atoms. The largest absolute Gasteiger partial charge is 0.391 e. The fourth-order valence-electron chi connectivity index (χ4n) is 4.79. The molecule has 1 aliphatic carbocycles. The first-order chi connectivity index (χ1) is 10.9. The zero-order valence-electron chi connectivity index (χ0n) is 14.4. The van der Waals surface area contributed by atoms with E-state index >= 15 is 0 Å². The topological polar surface area (TPSA) is 69.6 Å². The zero-order valence-corrected chi connectivity index (χ0v) is 14.4. The van der Waals surface area contributed by atoms with E-state index in [4.69, 9.17) is 0 Å². The molecule has 5 nitrogen and oxygen atoms in total. The number of nitrogens with one attached hydrogen (secondary N) is 1. The minimum absolute atomic E-state index is 0.00524. The average molecular weight is 322 g/mol. The van der Waals surface area contributed by atoms with Crippen LogP contribution >= 0.6 is 0 Å². The van der Waals surface area contributed by atoms with Crippen molar-refractivity contribution < 1.29 is 14.7 Å². The molecular weight excluding hydrogens is 292 g/mol. The number of carbonyl (C=O) groups excluding carboxylic acids is 2. The predicted octanol–water partition coefficient (Wildman–Crippen LogP) is 1.83. The summed E-state index contributed by atoms with van der Waals surface area (Å²) in [7, 11) is 0. The van der Waals surface area contributed by atoms with E-state index in [0.717, 1.165) is 19.3 Å². The van der Waals surface area contributed by atoms with E-state index < -0.39 is 17.7 Å². The van der Waals surface area contributed by atoms with E-state index in [1.165, 1.54) is 19.3 Å². The third-order valence-corrected chi connectivity index (χ3v) is 5.83. The SMILES string of the molecule is CC(C)C[C@H]1NC(=O)C2(CC3CCCCC3)C[C@@H](O)CN2C1=O. The molecule has 2 saturated heterocycles. The Morgan fingerprint density at radius 3 is 2.61 bits per heavy atom. The van der Waals surface area contributed by atoms with Crippen LogP contribution in [-0.2, 0) is 9.59 Å². The number of carbonyl (C=O) groups is 2. The normalized spacial score (nSPS) is 35.6. The van der Waals surface area contributed by atoms with Gasteiger partial charge in [0.05, 0.1) is 6.10 Å². The minimum atomic E-state index is -0.800. The molecule has 0 aromatic heterocycles. The third kappa shape index (κ3) is 3.12. The van der Waals surface area contributed by atoms with Gasteiger partial charge in [0.15, 0.2) is 0 Å². The number of hydrogen-bond donors (Lipinski definition) is 2. The number of hydrogen-bond acceptors (Lipinski definition) is 3. The van der Waals surface area contributed by atoms with Crippen LogP contribution in [0.2, 0.25) is 0 Å². The second-order valence-corrected chi connectivity index (χ2v) is 8.20. The van der Waals surface area contributed by atoms with E-state index in [9.17, 15) is 14.7 Å². The van der Waals surface area contributed by atoms with Crippen molar-refractivity contribution in [3.05, 3.63) is 0 Å². The molecule has 0 aromatic rings. The Kier molecular flexibility index (Phi) is 4.68. The number of aliphatic hydroxyl groups is 1. The van der Waals surface area contributed by atoms with Gasteiger partial charge in [0.1, 0.15) is 11.6 Å². The van der Waals surface area contributed by atoms with E-state index in [0.29, 0.717) is 31.2 Å². The Bertz CT molecular complexity index is 473. The number of β-amino-alcohol motifs (C(OH)–C–C–N with tert-alkyl or cyclic N) is 1. The molecule has 3 aliphatic rings. The van der Waals surface area contributed by atoms with Crippen molar-refractivity contribution in [3.63, 3.8) is 0 Å². The molecule has 0 aromatic carbocycles. The fourth-order valence-corrected chi connectivity index (χ4v) is 4.79. The van der Waals surface area contributed by atoms with Gasteiger partial charge in [-0.15, -0.1) is 0 Å². The van der Waals surface area contributed by atoms with Crippen LogP contribution in [0.3, 0.4) is 0 Å². The predicted molar refractivity (Wildman–Crippen MR) is 87.6 cm³/mol. The van der Waals surface area contributed by atoms with Crippen molar-refractivity contribution in [3.8, 4) is 0 Å². The average Bonchev–Trinajstić information content (AvgIpc) is 2.83. The van der Waals surface area contributed by atoms with Gasteiger partial charge in [0.2, 0.25) is 11.8 Å². The van der Waals surface area contributed by atoms with Crippen LogP contribution in [0.15, 0.2) is 0 Å². The second-order valence-electron chi connectivity index (χ2n) is 8.20. The van der Waals surface area contributed by atoms with Crippen LogP contribution in [0.4, 0.5) is 0 Å². The molecule has 2 amide bonds. The van der Waals surface area contributed by atoms with E-state index in [1.54, 1.807) is 4.90 Å². The number of aliphatic hydroxyl groups excluding tert-OH is 1. The van der Waals surface area contributed by atoms with Crippen molar-refractivity contribution in [2.45, 2.75) is 82.9 Å². The minimum Gasteiger partial charge on any atom is -0.391 e. The van der Waals surface area contributed by atoms with Gasteiger partial charge in [-0.1, -0.05) is 46.0 Å². The van der Waals surface area contributed by atoms with Crippen LogP contribution in [0.5, 0.6) is 0 Å². The zero-order chi connectivity index (χ0) is 16.6. The molecule has 130 valence electrons. The summed E-state index contributed by atoms with van der Waals surface area (Å²) in [6, 6.07) is -0.424. The maximum Gasteiger partial charge on any atom is 0.246 e. The maximum absolute atomic E-state index is 12.9. The van der Waals surface area contributed by atoms with Crippen molar-refractivity contribution >= 4 is 11.8 Å². The summed E-state index contributed by atoms with van der Waals surface area (Å²) in [5.74, 6) is 0.815. The van der Waals surface area contributed by atoms with Crippen molar-refractivity contribution in [1.82, 2.24) is 10.2 Å². The lowest BCUT2D eigenvalue weighted by Gasteiger charge is -2.46. The molecule has 1 saturated carbocycles. The van der Waals surface area contributed by atoms with Gasteiger partial charge < -0.3 is 15.3 Å². The van der Waals surface area contributed by atoms with Crippen molar-refractivity contribution in [2.75, 3.05) is 6.54 Å². The van der Waals surface area contributed by atoms with Crippen LogP contribution < -0.4 is 5.32 Å². The lowest BCUT2D eigenvalue weighted by Crippen LogP contribution is -2.68. The number of amides is 2. The second kappa shape index (κ2) is 6.42. The Morgan fingerprint density at radius 2 is 1.96 bits per heavy atom. The number of piperazine rings is 1. The Hall–Kier alpha value is -1.10. The van der Waals surface area contributed by atoms with Gasteiger partial charge in [-0.2, -0.15) is 0 Å². The summed E-state index contributed by atoms with van der Waals surface area (Å²) in [4.78, 5) is 27.5. The molecule has 2 N–H and O–H groups in total. The summed E-state index contributed by atoms with van der Waals surface area (Å²) < 4.78 is 0. The highest BCUT2D eigenvalue weighted by Gasteiger charge is 2.57. The number of rotatable bonds is 4. The molecule has 23 heavy (non-hydrogen) atoms. The summed E-state index contributed by atoms with van der Waals surface area (Å²) in [6.07, 6.45) is 7.19. The smallest absolute Gasteiger partial charge is 0.246 e. The summed E-state index contributed by atoms with van der Waals surface area (Å²) in [6.45, 7) is 4.43. The number of fused-ring (bicyclic) bond motifs is 1. The first-order valence-electron chi connectivity index (χ1n) is 9.23. The highest BCUT2D eigenvalue weighted by molar-refractivity contribution is 6.00. The molecule has 0 radical (unpaired) electrons. The molecule has 3 fully saturated rings. The van der Waals surface area contributed by atoms with Crippen LogP contribution in [0, 0.1) is 11.8 Å². The van der Waals surface area contributed by atoms with E-state index in [2.05, 4.69) is 19.2 Å². The molecule has 0 spiro atoms. The van der Waals surface area contributed by atoms with Gasteiger partial charge in [-0.05, 0) is 24.7 Å². The van der Waals surface area contributed by atoms with Crippen molar-refractivity contribution in [1.29, 1.82) is 0 Å². The molecule has 3 rings (SSSR count). The highest BCUT2D eigenvalue weighted by atomic mass is 16.3. The summed E-state index contributed by atoms with van der Waals surface area (Å²) in [5, 5.41) is 13.2. The van der Waals surface area contributed by atoms with E-state index in [1.807, 2.05) is 0 Å². The molecule has 1 unspecified atom stereocenters. The first kappa shape index (κ1) is 16.7. The first-order valence-corrected chi connectivity index (χ1v) is 9.23. The van der Waals surface area contributed by atoms with Crippen LogP contribution in [-0.4, -0.2) is 46.1 Å². The summed E-state index contributed by atoms with van der Waals surface area (Å²) in [5.41, 5.74) is -0.800.